The molecule has 0 fully saturated rings. The summed E-state index contributed by atoms with van der Waals surface area (Å²) in [6, 6.07) is 14.8. The zero-order valence-corrected chi connectivity index (χ0v) is 15.1. The average molecular weight is 362 g/mol. The molecule has 6 nitrogen and oxygen atoms in total. The normalized spacial score (nSPS) is 11.0. The minimum atomic E-state index is -3.61. The first-order valence-corrected chi connectivity index (χ1v) is 9.42. The summed E-state index contributed by atoms with van der Waals surface area (Å²) in [4.78, 5) is 11.7. The first-order valence-electron chi connectivity index (χ1n) is 7.98. The van der Waals surface area contributed by atoms with E-state index in [1.54, 1.807) is 54.6 Å². The van der Waals surface area contributed by atoms with Crippen molar-refractivity contribution in [1.82, 2.24) is 5.32 Å². The van der Waals surface area contributed by atoms with Crippen LogP contribution in [0.5, 0.6) is 5.75 Å². The zero-order valence-electron chi connectivity index (χ0n) is 14.3. The Morgan fingerprint density at radius 3 is 2.32 bits per heavy atom. The molecule has 0 radical (unpaired) electrons. The Morgan fingerprint density at radius 2 is 1.72 bits per heavy atom. The minimum Gasteiger partial charge on any atom is -0.484 e. The first-order chi connectivity index (χ1) is 11.9. The number of amides is 1. The van der Waals surface area contributed by atoms with Gasteiger partial charge in [0.2, 0.25) is 0 Å². The fraction of sp³-hybridized carbons (Fsp3) is 0.278. The highest BCUT2D eigenvalue weighted by molar-refractivity contribution is 7.92. The number of carbonyl (C=O) groups is 1. The van der Waals surface area contributed by atoms with Gasteiger partial charge in [0.1, 0.15) is 5.75 Å². The Hall–Kier alpha value is -2.54. The van der Waals surface area contributed by atoms with Gasteiger partial charge >= 0.3 is 0 Å². The Labute approximate surface area is 148 Å². The van der Waals surface area contributed by atoms with Crippen molar-refractivity contribution in [2.75, 3.05) is 24.5 Å². The van der Waals surface area contributed by atoms with Crippen molar-refractivity contribution in [3.63, 3.8) is 0 Å². The van der Waals surface area contributed by atoms with Crippen LogP contribution in [-0.4, -0.2) is 34.5 Å². The molecule has 0 aliphatic carbocycles. The molecule has 0 aromatic heterocycles. The second-order valence-corrected chi connectivity index (χ2v) is 7.39. The molecular formula is C18H22N2O4S. The quantitative estimate of drug-likeness (QED) is 0.782. The maximum atomic E-state index is 12.6. The van der Waals surface area contributed by atoms with Crippen LogP contribution >= 0.6 is 0 Å². The van der Waals surface area contributed by atoms with Crippen molar-refractivity contribution in [2.24, 2.45) is 0 Å². The van der Waals surface area contributed by atoms with Crippen molar-refractivity contribution in [1.29, 1.82) is 0 Å². The molecule has 0 saturated carbocycles. The molecule has 0 bridgehead atoms. The molecule has 0 unspecified atom stereocenters. The summed E-state index contributed by atoms with van der Waals surface area (Å²) < 4.78 is 31.7. The van der Waals surface area contributed by atoms with E-state index in [0.717, 1.165) is 6.42 Å². The van der Waals surface area contributed by atoms with Crippen LogP contribution in [0, 0.1) is 0 Å². The van der Waals surface area contributed by atoms with Crippen LogP contribution in [0.2, 0.25) is 0 Å². The van der Waals surface area contributed by atoms with Crippen molar-refractivity contribution in [3.8, 4) is 5.75 Å². The molecule has 1 N–H and O–H groups in total. The van der Waals surface area contributed by atoms with Gasteiger partial charge in [0.05, 0.1) is 10.6 Å². The Bertz CT molecular complexity index is 790. The fourth-order valence-electron chi connectivity index (χ4n) is 2.11. The Balaban J connectivity index is 2.03. The molecule has 134 valence electrons. The van der Waals surface area contributed by atoms with Gasteiger partial charge in [0.15, 0.2) is 6.61 Å². The van der Waals surface area contributed by atoms with E-state index in [1.165, 1.54) is 11.4 Å². The molecule has 0 aliphatic rings. The van der Waals surface area contributed by atoms with E-state index in [9.17, 15) is 13.2 Å². The lowest BCUT2D eigenvalue weighted by atomic mass is 10.3. The van der Waals surface area contributed by atoms with E-state index >= 15 is 0 Å². The number of ether oxygens (including phenoxy) is 1. The molecule has 0 heterocycles. The summed E-state index contributed by atoms with van der Waals surface area (Å²) >= 11 is 0. The molecule has 1 amide bonds. The Kier molecular flexibility index (Phi) is 6.41. The standard InChI is InChI=1S/C18H22N2O4S/c1-3-13-19-18(21)14-24-16-11-9-15(10-12-16)20(2)25(22,23)17-7-5-4-6-8-17/h4-12H,3,13-14H2,1-2H3,(H,19,21). The monoisotopic (exact) mass is 362 g/mol. The van der Waals surface area contributed by atoms with E-state index in [2.05, 4.69) is 5.32 Å². The number of rotatable bonds is 8. The van der Waals surface area contributed by atoms with Gasteiger partial charge in [-0.15, -0.1) is 0 Å². The van der Waals surface area contributed by atoms with Gasteiger partial charge in [-0.05, 0) is 42.8 Å². The molecule has 0 saturated heterocycles. The highest BCUT2D eigenvalue weighted by atomic mass is 32.2. The number of anilines is 1. The maximum Gasteiger partial charge on any atom is 0.264 e. The summed E-state index contributed by atoms with van der Waals surface area (Å²) in [6.07, 6.45) is 0.864. The lowest BCUT2D eigenvalue weighted by molar-refractivity contribution is -0.123. The first kappa shape index (κ1) is 18.8. The third kappa shape index (κ3) is 4.96. The van der Waals surface area contributed by atoms with Crippen LogP contribution in [0.4, 0.5) is 5.69 Å². The van der Waals surface area contributed by atoms with E-state index in [0.29, 0.717) is 18.0 Å². The van der Waals surface area contributed by atoms with Gasteiger partial charge in [0, 0.05) is 13.6 Å². The van der Waals surface area contributed by atoms with Crippen molar-refractivity contribution < 1.29 is 17.9 Å². The number of nitrogens with one attached hydrogen (secondary N) is 1. The topological polar surface area (TPSA) is 75.7 Å². The number of hydrogen-bond acceptors (Lipinski definition) is 4. The SMILES string of the molecule is CCCNC(=O)COc1ccc(N(C)S(=O)(=O)c2ccccc2)cc1. The molecule has 0 aliphatic heterocycles. The average Bonchev–Trinajstić information content (AvgIpc) is 2.65. The van der Waals surface area contributed by atoms with Gasteiger partial charge in [-0.2, -0.15) is 0 Å². The summed E-state index contributed by atoms with van der Waals surface area (Å²) in [5.41, 5.74) is 0.506. The van der Waals surface area contributed by atoms with E-state index < -0.39 is 10.0 Å². The molecule has 2 aromatic carbocycles. The van der Waals surface area contributed by atoms with Crippen LogP contribution in [0.3, 0.4) is 0 Å². The molecule has 0 atom stereocenters. The molecule has 2 rings (SSSR count). The second kappa shape index (κ2) is 8.53. The van der Waals surface area contributed by atoms with Crippen molar-refractivity contribution >= 4 is 21.6 Å². The van der Waals surface area contributed by atoms with Gasteiger partial charge in [-0.3, -0.25) is 9.10 Å². The van der Waals surface area contributed by atoms with E-state index in [-0.39, 0.29) is 17.4 Å². The molecule has 0 spiro atoms. The zero-order chi connectivity index (χ0) is 18.3. The summed E-state index contributed by atoms with van der Waals surface area (Å²) in [5.74, 6) is 0.315. The van der Waals surface area contributed by atoms with Crippen LogP contribution in [0.1, 0.15) is 13.3 Å². The number of sulfonamides is 1. The number of benzene rings is 2. The maximum absolute atomic E-state index is 12.6. The predicted molar refractivity (Wildman–Crippen MR) is 97.3 cm³/mol. The van der Waals surface area contributed by atoms with Gasteiger partial charge in [-0.25, -0.2) is 8.42 Å². The predicted octanol–water partition coefficient (Wildman–Crippen LogP) is 2.42. The van der Waals surface area contributed by atoms with Gasteiger partial charge in [-0.1, -0.05) is 25.1 Å². The highest BCUT2D eigenvalue weighted by Crippen LogP contribution is 2.24. The largest absolute Gasteiger partial charge is 0.484 e. The fourth-order valence-corrected chi connectivity index (χ4v) is 3.32. The van der Waals surface area contributed by atoms with Crippen molar-refractivity contribution in [2.45, 2.75) is 18.2 Å². The summed E-state index contributed by atoms with van der Waals surface area (Å²) in [7, 11) is -2.12. The molecule has 25 heavy (non-hydrogen) atoms. The van der Waals surface area contributed by atoms with Crippen LogP contribution in [0.25, 0.3) is 0 Å². The smallest absolute Gasteiger partial charge is 0.264 e. The Morgan fingerprint density at radius 1 is 1.08 bits per heavy atom. The van der Waals surface area contributed by atoms with E-state index in [4.69, 9.17) is 4.74 Å². The van der Waals surface area contributed by atoms with Crippen molar-refractivity contribution in [3.05, 3.63) is 54.6 Å². The third-order valence-electron chi connectivity index (χ3n) is 3.54. The highest BCUT2D eigenvalue weighted by Gasteiger charge is 2.20. The van der Waals surface area contributed by atoms with Crippen LogP contribution in [-0.2, 0) is 14.8 Å². The van der Waals surface area contributed by atoms with Gasteiger partial charge in [0.25, 0.3) is 15.9 Å². The van der Waals surface area contributed by atoms with Crippen LogP contribution < -0.4 is 14.4 Å². The van der Waals surface area contributed by atoms with Gasteiger partial charge < -0.3 is 10.1 Å². The van der Waals surface area contributed by atoms with Crippen LogP contribution in [0.15, 0.2) is 59.5 Å². The summed E-state index contributed by atoms with van der Waals surface area (Å²) in [5, 5.41) is 2.72. The lowest BCUT2D eigenvalue weighted by Crippen LogP contribution is -2.29. The number of hydrogen-bond donors (Lipinski definition) is 1. The van der Waals surface area contributed by atoms with E-state index in [1.807, 2.05) is 6.92 Å². The third-order valence-corrected chi connectivity index (χ3v) is 5.34. The lowest BCUT2D eigenvalue weighted by Gasteiger charge is -2.19. The summed E-state index contributed by atoms with van der Waals surface area (Å²) in [6.45, 7) is 2.51. The molecule has 2 aromatic rings. The molecular weight excluding hydrogens is 340 g/mol. The second-order valence-electron chi connectivity index (χ2n) is 5.42. The minimum absolute atomic E-state index is 0.0719. The number of nitrogens with zero attached hydrogens (tertiary/aromatic N) is 1. The molecule has 7 heteroatoms. The number of carbonyl (C=O) groups excluding carboxylic acids is 1.